The van der Waals surface area contributed by atoms with Gasteiger partial charge in [0.05, 0.1) is 16.4 Å². The van der Waals surface area contributed by atoms with Crippen LogP contribution >= 0.6 is 0 Å². The predicted molar refractivity (Wildman–Crippen MR) is 77.4 cm³/mol. The Bertz CT molecular complexity index is 641. The zero-order valence-corrected chi connectivity index (χ0v) is 11.9. The van der Waals surface area contributed by atoms with E-state index in [0.717, 1.165) is 5.56 Å². The number of carboxylic acids is 1. The van der Waals surface area contributed by atoms with E-state index in [1.54, 1.807) is 31.5 Å². The highest BCUT2D eigenvalue weighted by molar-refractivity contribution is 7.85. The fourth-order valence-corrected chi connectivity index (χ4v) is 2.98. The average Bonchev–Trinajstić information content (AvgIpc) is 2.46. The van der Waals surface area contributed by atoms with E-state index in [1.165, 1.54) is 6.07 Å². The summed E-state index contributed by atoms with van der Waals surface area (Å²) in [7, 11) is -1.20. The molecule has 0 radical (unpaired) electrons. The molecule has 5 heteroatoms. The van der Waals surface area contributed by atoms with E-state index in [-0.39, 0.29) is 5.56 Å². The van der Waals surface area contributed by atoms with Crippen LogP contribution in [0.4, 0.5) is 0 Å². The molecule has 20 heavy (non-hydrogen) atoms. The second-order valence-corrected chi connectivity index (χ2v) is 6.01. The minimum absolute atomic E-state index is 0.208. The molecule has 0 aliphatic rings. The third-order valence-corrected chi connectivity index (χ3v) is 4.38. The Morgan fingerprint density at radius 2 is 1.95 bits per heavy atom. The van der Waals surface area contributed by atoms with E-state index >= 15 is 0 Å². The van der Waals surface area contributed by atoms with E-state index < -0.39 is 16.8 Å². The summed E-state index contributed by atoms with van der Waals surface area (Å²) < 4.78 is 12.2. The molecular formula is C15H15NO3S. The first-order chi connectivity index (χ1) is 9.58. The molecule has 1 aromatic heterocycles. The first kappa shape index (κ1) is 14.4. The highest BCUT2D eigenvalue weighted by Gasteiger charge is 2.11. The van der Waals surface area contributed by atoms with Gasteiger partial charge in [-0.15, -0.1) is 0 Å². The van der Waals surface area contributed by atoms with Crippen molar-refractivity contribution in [2.45, 2.75) is 18.2 Å². The van der Waals surface area contributed by atoms with E-state index in [0.29, 0.717) is 22.6 Å². The van der Waals surface area contributed by atoms with Crippen LogP contribution in [0.5, 0.6) is 0 Å². The van der Waals surface area contributed by atoms with Crippen molar-refractivity contribution < 1.29 is 14.1 Å². The van der Waals surface area contributed by atoms with Crippen LogP contribution in [0.15, 0.2) is 47.6 Å². The van der Waals surface area contributed by atoms with Gasteiger partial charge in [0.1, 0.15) is 0 Å². The number of aromatic carboxylic acids is 1. The van der Waals surface area contributed by atoms with Crippen molar-refractivity contribution in [3.8, 4) is 0 Å². The van der Waals surface area contributed by atoms with Crippen LogP contribution in [0.2, 0.25) is 0 Å². The van der Waals surface area contributed by atoms with Gasteiger partial charge >= 0.3 is 5.97 Å². The molecule has 2 rings (SSSR count). The summed E-state index contributed by atoms with van der Waals surface area (Å²) in [4.78, 5) is 15.6. The van der Waals surface area contributed by atoms with Crippen molar-refractivity contribution >= 4 is 16.8 Å². The quantitative estimate of drug-likeness (QED) is 0.918. The average molecular weight is 289 g/mol. The van der Waals surface area contributed by atoms with Gasteiger partial charge in [-0.2, -0.15) is 0 Å². The molecule has 0 aliphatic heterocycles. The first-order valence-corrected chi connectivity index (χ1v) is 7.51. The third kappa shape index (κ3) is 3.51. The number of hydrogen-bond acceptors (Lipinski definition) is 3. The van der Waals surface area contributed by atoms with Crippen molar-refractivity contribution in [2.24, 2.45) is 0 Å². The maximum atomic E-state index is 12.2. The number of aromatic nitrogens is 1. The zero-order valence-electron chi connectivity index (χ0n) is 11.1. The number of nitrogens with zero attached hydrogens (tertiary/aromatic N) is 1. The number of benzene rings is 1. The molecule has 4 nitrogen and oxygen atoms in total. The predicted octanol–water partition coefficient (Wildman–Crippen LogP) is 2.44. The van der Waals surface area contributed by atoms with Gasteiger partial charge in [-0.25, -0.2) is 4.79 Å². The minimum Gasteiger partial charge on any atom is -0.478 e. The molecule has 104 valence electrons. The molecule has 0 spiro atoms. The highest BCUT2D eigenvalue weighted by Crippen LogP contribution is 2.15. The standard InChI is InChI=1S/C15H15NO3S/c1-11-2-3-13(10-14(11)15(17)18)20(19)9-6-12-4-7-16-8-5-12/h2-5,7-8,10H,6,9H2,1H3,(H,17,18). The highest BCUT2D eigenvalue weighted by atomic mass is 32.2. The number of rotatable bonds is 5. The van der Waals surface area contributed by atoms with Gasteiger partial charge in [-0.05, 0) is 48.7 Å². The molecule has 1 unspecified atom stereocenters. The molecule has 0 bridgehead atoms. The Morgan fingerprint density at radius 1 is 1.25 bits per heavy atom. The molecule has 1 heterocycles. The van der Waals surface area contributed by atoms with Crippen molar-refractivity contribution in [3.63, 3.8) is 0 Å². The lowest BCUT2D eigenvalue weighted by Gasteiger charge is -2.06. The summed E-state index contributed by atoms with van der Waals surface area (Å²) in [6.45, 7) is 1.73. The Labute approximate surface area is 119 Å². The largest absolute Gasteiger partial charge is 0.478 e. The van der Waals surface area contributed by atoms with Crippen molar-refractivity contribution in [1.29, 1.82) is 0 Å². The second-order valence-electron chi connectivity index (χ2n) is 4.44. The Kier molecular flexibility index (Phi) is 4.63. The van der Waals surface area contributed by atoms with Gasteiger partial charge < -0.3 is 5.11 Å². The van der Waals surface area contributed by atoms with Crippen LogP contribution in [-0.4, -0.2) is 26.0 Å². The topological polar surface area (TPSA) is 67.3 Å². The summed E-state index contributed by atoms with van der Waals surface area (Å²) in [5.74, 6) is -0.526. The number of pyridine rings is 1. The maximum absolute atomic E-state index is 12.2. The number of hydrogen-bond donors (Lipinski definition) is 1. The van der Waals surface area contributed by atoms with E-state index in [4.69, 9.17) is 5.11 Å². The SMILES string of the molecule is Cc1ccc(S(=O)CCc2ccncc2)cc1C(=O)O. The lowest BCUT2D eigenvalue weighted by molar-refractivity contribution is 0.0696. The fourth-order valence-electron chi connectivity index (χ4n) is 1.85. The van der Waals surface area contributed by atoms with Crippen molar-refractivity contribution in [3.05, 3.63) is 59.4 Å². The molecule has 1 atom stereocenters. The van der Waals surface area contributed by atoms with Crippen LogP contribution < -0.4 is 0 Å². The molecular weight excluding hydrogens is 274 g/mol. The molecule has 0 aliphatic carbocycles. The molecule has 0 fully saturated rings. The van der Waals surface area contributed by atoms with Crippen LogP contribution in [0.3, 0.4) is 0 Å². The van der Waals surface area contributed by atoms with Crippen molar-refractivity contribution in [1.82, 2.24) is 4.98 Å². The van der Waals surface area contributed by atoms with E-state index in [2.05, 4.69) is 4.98 Å². The fraction of sp³-hybridized carbons (Fsp3) is 0.200. The normalized spacial score (nSPS) is 12.1. The van der Waals surface area contributed by atoms with Gasteiger partial charge in [0.25, 0.3) is 0 Å². The summed E-state index contributed by atoms with van der Waals surface area (Å²) in [5, 5.41) is 9.07. The molecule has 1 N–H and O–H groups in total. The van der Waals surface area contributed by atoms with E-state index in [9.17, 15) is 9.00 Å². The maximum Gasteiger partial charge on any atom is 0.335 e. The van der Waals surface area contributed by atoms with E-state index in [1.807, 2.05) is 12.1 Å². The van der Waals surface area contributed by atoms with Crippen LogP contribution in [0.1, 0.15) is 21.5 Å². The lowest BCUT2D eigenvalue weighted by atomic mass is 10.1. The van der Waals surface area contributed by atoms with Crippen LogP contribution in [-0.2, 0) is 17.2 Å². The Morgan fingerprint density at radius 3 is 2.60 bits per heavy atom. The second kappa shape index (κ2) is 6.43. The molecule has 1 aromatic carbocycles. The Hall–Kier alpha value is -2.01. The molecule has 0 saturated heterocycles. The van der Waals surface area contributed by atoms with Gasteiger partial charge in [0, 0.05) is 23.0 Å². The Balaban J connectivity index is 2.10. The lowest BCUT2D eigenvalue weighted by Crippen LogP contribution is -2.05. The summed E-state index contributed by atoms with van der Waals surface area (Å²) in [6.07, 6.45) is 4.07. The van der Waals surface area contributed by atoms with Crippen LogP contribution in [0, 0.1) is 6.92 Å². The third-order valence-electron chi connectivity index (χ3n) is 3.03. The van der Waals surface area contributed by atoms with Gasteiger partial charge in [0.2, 0.25) is 0 Å². The monoisotopic (exact) mass is 289 g/mol. The van der Waals surface area contributed by atoms with Crippen LogP contribution in [0.25, 0.3) is 0 Å². The summed E-state index contributed by atoms with van der Waals surface area (Å²) in [5.41, 5.74) is 1.95. The van der Waals surface area contributed by atoms with Gasteiger partial charge in [-0.1, -0.05) is 6.07 Å². The molecule has 2 aromatic rings. The summed E-state index contributed by atoms with van der Waals surface area (Å²) >= 11 is 0. The number of aryl methyl sites for hydroxylation is 2. The minimum atomic E-state index is -1.20. The number of carboxylic acid groups (broad SMARTS) is 1. The first-order valence-electron chi connectivity index (χ1n) is 6.19. The smallest absolute Gasteiger partial charge is 0.335 e. The van der Waals surface area contributed by atoms with Gasteiger partial charge in [0.15, 0.2) is 0 Å². The van der Waals surface area contributed by atoms with Gasteiger partial charge in [-0.3, -0.25) is 9.19 Å². The molecule has 0 amide bonds. The zero-order chi connectivity index (χ0) is 14.5. The molecule has 0 saturated carbocycles. The summed E-state index contributed by atoms with van der Waals surface area (Å²) in [6, 6.07) is 8.69. The number of carbonyl (C=O) groups is 1. The van der Waals surface area contributed by atoms with Crippen molar-refractivity contribution in [2.75, 3.05) is 5.75 Å².